The van der Waals surface area contributed by atoms with Crippen LogP contribution in [0.2, 0.25) is 5.02 Å². The molecule has 3 heterocycles. The molecule has 14 heteroatoms. The van der Waals surface area contributed by atoms with Crippen molar-refractivity contribution >= 4 is 34.9 Å². The highest BCUT2D eigenvalue weighted by Gasteiger charge is 2.48. The van der Waals surface area contributed by atoms with E-state index >= 15 is 0 Å². The number of anilines is 1. The molecule has 2 aromatic rings. The molecule has 210 valence electrons. The van der Waals surface area contributed by atoms with Crippen molar-refractivity contribution in [2.24, 2.45) is 10.5 Å². The average Bonchev–Trinajstić information content (AvgIpc) is 3.52. The number of amides is 2. The summed E-state index contributed by atoms with van der Waals surface area (Å²) in [5, 5.41) is 16.7. The van der Waals surface area contributed by atoms with Crippen LogP contribution >= 0.6 is 11.6 Å². The van der Waals surface area contributed by atoms with Crippen LogP contribution in [0.4, 0.5) is 14.6 Å². The van der Waals surface area contributed by atoms with Crippen molar-refractivity contribution in [2.75, 3.05) is 52.1 Å². The lowest BCUT2D eigenvalue weighted by atomic mass is 9.79. The number of halogens is 3. The predicted octanol–water partition coefficient (Wildman–Crippen LogP) is 2.50. The fourth-order valence-electron chi connectivity index (χ4n) is 4.91. The third-order valence-corrected chi connectivity index (χ3v) is 7.03. The van der Waals surface area contributed by atoms with Crippen molar-refractivity contribution in [3.63, 3.8) is 0 Å². The van der Waals surface area contributed by atoms with Crippen molar-refractivity contribution in [3.05, 3.63) is 52.3 Å². The minimum Gasteiger partial charge on any atom is -0.434 e. The quantitative estimate of drug-likeness (QED) is 0.258. The molecule has 1 spiro atoms. The van der Waals surface area contributed by atoms with Gasteiger partial charge in [-0.05, 0) is 45.1 Å². The number of carbonyl (C=O) groups is 2. The zero-order valence-electron chi connectivity index (χ0n) is 21.9. The second kappa shape index (κ2) is 12.0. The van der Waals surface area contributed by atoms with Gasteiger partial charge in [0.25, 0.3) is 5.91 Å². The molecule has 0 atom stereocenters. The third kappa shape index (κ3) is 6.48. The van der Waals surface area contributed by atoms with Crippen molar-refractivity contribution in [3.8, 4) is 5.75 Å². The molecule has 4 N–H and O–H groups in total. The van der Waals surface area contributed by atoms with Crippen LogP contribution in [0.25, 0.3) is 0 Å². The van der Waals surface area contributed by atoms with Crippen molar-refractivity contribution < 1.29 is 23.1 Å². The number of aromatic amines is 1. The molecule has 2 amide bonds. The number of H-pyrrole nitrogens is 1. The maximum atomic E-state index is 13.2. The van der Waals surface area contributed by atoms with Crippen LogP contribution < -0.4 is 20.8 Å². The summed E-state index contributed by atoms with van der Waals surface area (Å²) in [5.74, 6) is -0.494. The molecule has 2 fully saturated rings. The molecular formula is C25H31ClF2N8O3. The van der Waals surface area contributed by atoms with Gasteiger partial charge in [0.1, 0.15) is 29.4 Å². The van der Waals surface area contributed by atoms with E-state index in [-0.39, 0.29) is 51.2 Å². The first-order valence-corrected chi connectivity index (χ1v) is 12.7. The Balaban J connectivity index is 1.56. The third-order valence-electron chi connectivity index (χ3n) is 6.79. The van der Waals surface area contributed by atoms with Crippen LogP contribution in [-0.4, -0.2) is 91.0 Å². The summed E-state index contributed by atoms with van der Waals surface area (Å²) in [6.45, 7) is 1.75. The van der Waals surface area contributed by atoms with E-state index in [9.17, 15) is 18.4 Å². The van der Waals surface area contributed by atoms with E-state index in [2.05, 4.69) is 43.3 Å². The number of aromatic nitrogens is 2. The van der Waals surface area contributed by atoms with E-state index in [1.807, 2.05) is 0 Å². The van der Waals surface area contributed by atoms with Gasteiger partial charge in [0.2, 0.25) is 5.91 Å². The van der Waals surface area contributed by atoms with E-state index in [1.165, 1.54) is 24.4 Å². The van der Waals surface area contributed by atoms with Gasteiger partial charge in [-0.15, -0.1) is 0 Å². The van der Waals surface area contributed by atoms with Crippen molar-refractivity contribution in [1.82, 2.24) is 30.7 Å². The topological polar surface area (TPSA) is 127 Å². The Hall–Kier alpha value is -3.71. The summed E-state index contributed by atoms with van der Waals surface area (Å²) in [5.41, 5.74) is 3.42. The molecular weight excluding hydrogens is 534 g/mol. The van der Waals surface area contributed by atoms with Gasteiger partial charge in [0, 0.05) is 42.7 Å². The summed E-state index contributed by atoms with van der Waals surface area (Å²) < 4.78 is 31.1. The summed E-state index contributed by atoms with van der Waals surface area (Å²) in [4.78, 5) is 29.9. The van der Waals surface area contributed by atoms with Gasteiger partial charge < -0.3 is 25.2 Å². The number of carbonyl (C=O) groups excluding carboxylic acids is 2. The maximum Gasteiger partial charge on any atom is 0.387 e. The van der Waals surface area contributed by atoms with E-state index in [0.29, 0.717) is 18.9 Å². The lowest BCUT2D eigenvalue weighted by molar-refractivity contribution is -0.141. The Morgan fingerprint density at radius 3 is 2.72 bits per heavy atom. The molecule has 0 radical (unpaired) electrons. The highest BCUT2D eigenvalue weighted by atomic mass is 35.5. The van der Waals surface area contributed by atoms with Crippen molar-refractivity contribution in [2.45, 2.75) is 20.0 Å². The largest absolute Gasteiger partial charge is 0.434 e. The number of hydrazone groups is 1. The summed E-state index contributed by atoms with van der Waals surface area (Å²) in [7, 11) is 3.70. The highest BCUT2D eigenvalue weighted by molar-refractivity contribution is 6.31. The van der Waals surface area contributed by atoms with Crippen LogP contribution in [0.1, 0.15) is 29.3 Å². The molecule has 39 heavy (non-hydrogen) atoms. The molecule has 0 saturated carbocycles. The maximum absolute atomic E-state index is 13.2. The van der Waals surface area contributed by atoms with E-state index < -0.39 is 12.5 Å². The SMILES string of the molecule is C/C=C(NC(=O)c1cn[nH]c1NC)\C(=N/NCC(=O)N1CC2(CCN(C)C2)C1)c1cc(Cl)ccc1OC(F)F. The first-order chi connectivity index (χ1) is 18.6. The Labute approximate surface area is 229 Å². The van der Waals surface area contributed by atoms with Crippen LogP contribution in [0, 0.1) is 5.41 Å². The molecule has 11 nitrogen and oxygen atoms in total. The van der Waals surface area contributed by atoms with E-state index in [0.717, 1.165) is 19.5 Å². The number of hydrogen-bond donors (Lipinski definition) is 4. The molecule has 0 bridgehead atoms. The van der Waals surface area contributed by atoms with Crippen LogP contribution in [0.15, 0.2) is 41.3 Å². The monoisotopic (exact) mass is 564 g/mol. The van der Waals surface area contributed by atoms with Gasteiger partial charge in [-0.25, -0.2) is 0 Å². The number of alkyl halides is 2. The van der Waals surface area contributed by atoms with Crippen LogP contribution in [0.3, 0.4) is 0 Å². The Kier molecular flexibility index (Phi) is 8.70. The number of nitrogens with zero attached hydrogens (tertiary/aromatic N) is 4. The number of benzene rings is 1. The summed E-state index contributed by atoms with van der Waals surface area (Å²) in [6, 6.07) is 4.08. The number of hydrogen-bond acceptors (Lipinski definition) is 8. The minimum atomic E-state index is -3.11. The number of rotatable bonds is 10. The lowest BCUT2D eigenvalue weighted by Crippen LogP contribution is -2.60. The molecule has 0 aliphatic carbocycles. The molecule has 1 aromatic carbocycles. The van der Waals surface area contributed by atoms with Gasteiger partial charge in [0.05, 0.1) is 11.9 Å². The molecule has 2 aliphatic heterocycles. The van der Waals surface area contributed by atoms with Gasteiger partial charge in [-0.3, -0.25) is 20.1 Å². The summed E-state index contributed by atoms with van der Waals surface area (Å²) >= 11 is 6.18. The predicted molar refractivity (Wildman–Crippen MR) is 143 cm³/mol. The zero-order valence-corrected chi connectivity index (χ0v) is 22.6. The first-order valence-electron chi connectivity index (χ1n) is 12.4. The van der Waals surface area contributed by atoms with Crippen molar-refractivity contribution in [1.29, 1.82) is 0 Å². The lowest BCUT2D eigenvalue weighted by Gasteiger charge is -2.48. The molecule has 1 aromatic heterocycles. The molecule has 2 aliphatic rings. The second-order valence-electron chi connectivity index (χ2n) is 9.62. The average molecular weight is 565 g/mol. The zero-order chi connectivity index (χ0) is 28.2. The Morgan fingerprint density at radius 1 is 1.31 bits per heavy atom. The number of likely N-dealkylation sites (tertiary alicyclic amines) is 2. The van der Waals surface area contributed by atoms with Crippen LogP contribution in [0.5, 0.6) is 5.75 Å². The number of nitrogens with one attached hydrogen (secondary N) is 4. The number of allylic oxidation sites excluding steroid dienone is 2. The minimum absolute atomic E-state index is 0.0452. The van der Waals surface area contributed by atoms with E-state index in [1.54, 1.807) is 24.9 Å². The molecule has 2 saturated heterocycles. The van der Waals surface area contributed by atoms with E-state index in [4.69, 9.17) is 16.3 Å². The smallest absolute Gasteiger partial charge is 0.387 e. The first kappa shape index (κ1) is 28.3. The highest BCUT2D eigenvalue weighted by Crippen LogP contribution is 2.38. The standard InChI is InChI=1S/C25H31ClF2N8O3/c1-4-18(32-23(38)17-10-30-34-22(17)29-2)21(16-9-15(26)5-6-19(16)39-24(27)28)33-31-11-20(37)36-13-25(14-36)7-8-35(3)12-25/h4-6,9-10,24,31H,7-8,11-14H2,1-3H3,(H,32,38)(H2,29,30,34)/b18-4+,33-21-. The number of ether oxygens (including phenoxy) is 1. The Morgan fingerprint density at radius 2 is 2.08 bits per heavy atom. The fraction of sp³-hybridized carbons (Fsp3) is 0.440. The normalized spacial score (nSPS) is 17.4. The van der Waals surface area contributed by atoms with Gasteiger partial charge >= 0.3 is 6.61 Å². The fourth-order valence-corrected chi connectivity index (χ4v) is 5.08. The van der Waals surface area contributed by atoms with Gasteiger partial charge in [0.15, 0.2) is 0 Å². The van der Waals surface area contributed by atoms with Gasteiger partial charge in [-0.1, -0.05) is 17.7 Å². The molecule has 4 rings (SSSR count). The molecule has 0 unspecified atom stereocenters. The Bertz CT molecular complexity index is 1280. The summed E-state index contributed by atoms with van der Waals surface area (Å²) in [6.07, 6.45) is 3.94. The van der Waals surface area contributed by atoms with Crippen LogP contribution in [-0.2, 0) is 4.79 Å². The van der Waals surface area contributed by atoms with Gasteiger partial charge in [-0.2, -0.15) is 19.0 Å². The second-order valence-corrected chi connectivity index (χ2v) is 10.1.